The molecule has 4 atom stereocenters. The number of fused-ring (bicyclic) bond motifs is 1. The van der Waals surface area contributed by atoms with E-state index >= 15 is 0 Å². The summed E-state index contributed by atoms with van der Waals surface area (Å²) in [6.07, 6.45) is 0.774. The van der Waals surface area contributed by atoms with E-state index in [4.69, 9.17) is 33.7 Å². The molecule has 2 heterocycles. The number of sulfonamides is 1. The Morgan fingerprint density at radius 3 is 2.84 bits per heavy atom. The Balaban J connectivity index is 1.79. The molecule has 1 saturated carbocycles. The Morgan fingerprint density at radius 2 is 2.21 bits per heavy atom. The largest absolute Gasteiger partial charge is 0.376 e. The second-order valence-corrected chi connectivity index (χ2v) is 8.70. The number of hydrogen-bond donors (Lipinski definition) is 2. The molecule has 0 bridgehead atoms. The fraction of sp³-hybridized carbons (Fsp3) is 0.600. The van der Waals surface area contributed by atoms with Crippen LogP contribution in [-0.4, -0.2) is 33.2 Å². The van der Waals surface area contributed by atoms with Crippen molar-refractivity contribution >= 4 is 44.6 Å². The summed E-state index contributed by atoms with van der Waals surface area (Å²) in [6.45, 7) is 0.637. The Kier molecular flexibility index (Phi) is 3.58. The average molecular weight is 343 g/mol. The van der Waals surface area contributed by atoms with Crippen LogP contribution in [0.3, 0.4) is 0 Å². The topological polar surface area (TPSA) is 81.4 Å². The molecule has 2 aliphatic rings. The van der Waals surface area contributed by atoms with Crippen molar-refractivity contribution in [2.75, 3.05) is 6.61 Å². The molecular formula is C10H12Cl2N2O3S2. The van der Waals surface area contributed by atoms with Crippen molar-refractivity contribution in [3.05, 3.63) is 15.4 Å². The second-order valence-electron chi connectivity index (χ2n) is 4.70. The van der Waals surface area contributed by atoms with Crippen LogP contribution in [0.4, 0.5) is 0 Å². The molecule has 5 nitrogen and oxygen atoms in total. The van der Waals surface area contributed by atoms with Gasteiger partial charge in [-0.1, -0.05) is 23.2 Å². The quantitative estimate of drug-likeness (QED) is 0.870. The summed E-state index contributed by atoms with van der Waals surface area (Å²) < 4.78 is 32.8. The van der Waals surface area contributed by atoms with E-state index in [0.29, 0.717) is 6.61 Å². The molecule has 2 fully saturated rings. The average Bonchev–Trinajstić information content (AvgIpc) is 2.92. The van der Waals surface area contributed by atoms with E-state index in [1.54, 1.807) is 0 Å². The highest BCUT2D eigenvalue weighted by atomic mass is 35.5. The molecule has 0 spiro atoms. The minimum atomic E-state index is -3.65. The molecule has 3 rings (SSSR count). The van der Waals surface area contributed by atoms with E-state index in [-0.39, 0.29) is 37.7 Å². The van der Waals surface area contributed by atoms with Crippen LogP contribution < -0.4 is 10.5 Å². The molecule has 3 N–H and O–H groups in total. The SMILES string of the molecule is NC1C2CCOC2C1NS(=O)(=O)c1cc(Cl)c(Cl)s1. The van der Waals surface area contributed by atoms with Gasteiger partial charge >= 0.3 is 0 Å². The van der Waals surface area contributed by atoms with Crippen LogP contribution in [0.5, 0.6) is 0 Å². The zero-order chi connectivity index (χ0) is 13.8. The molecule has 1 saturated heterocycles. The first kappa shape index (κ1) is 14.1. The van der Waals surface area contributed by atoms with Gasteiger partial charge in [0.2, 0.25) is 0 Å². The molecule has 1 aromatic rings. The fourth-order valence-corrected chi connectivity index (χ4v) is 5.77. The summed E-state index contributed by atoms with van der Waals surface area (Å²) in [4.78, 5) is 0. The molecule has 106 valence electrons. The summed E-state index contributed by atoms with van der Waals surface area (Å²) in [6, 6.07) is 0.763. The molecule has 1 aliphatic heterocycles. The second kappa shape index (κ2) is 4.84. The maximum atomic E-state index is 12.2. The van der Waals surface area contributed by atoms with E-state index in [9.17, 15) is 8.42 Å². The van der Waals surface area contributed by atoms with Crippen LogP contribution in [0.2, 0.25) is 9.36 Å². The summed E-state index contributed by atoms with van der Waals surface area (Å²) in [7, 11) is -3.65. The van der Waals surface area contributed by atoms with E-state index < -0.39 is 10.0 Å². The lowest BCUT2D eigenvalue weighted by Gasteiger charge is -2.45. The fourth-order valence-electron chi connectivity index (χ4n) is 2.59. The van der Waals surface area contributed by atoms with Crippen molar-refractivity contribution in [2.45, 2.75) is 28.8 Å². The lowest BCUT2D eigenvalue weighted by molar-refractivity contribution is -0.00922. The van der Waals surface area contributed by atoms with Gasteiger partial charge in [-0.2, -0.15) is 0 Å². The predicted molar refractivity (Wildman–Crippen MR) is 74.3 cm³/mol. The highest BCUT2D eigenvalue weighted by Crippen LogP contribution is 2.39. The van der Waals surface area contributed by atoms with Gasteiger partial charge in [0.25, 0.3) is 10.0 Å². The number of halogens is 2. The van der Waals surface area contributed by atoms with Crippen molar-refractivity contribution < 1.29 is 13.2 Å². The lowest BCUT2D eigenvalue weighted by atomic mass is 9.73. The number of hydrogen-bond acceptors (Lipinski definition) is 5. The molecule has 4 unspecified atom stereocenters. The number of nitrogens with two attached hydrogens (primary N) is 1. The first-order chi connectivity index (χ1) is 8.90. The molecule has 0 radical (unpaired) electrons. The van der Waals surface area contributed by atoms with Gasteiger partial charge in [0.15, 0.2) is 0 Å². The Labute approximate surface area is 125 Å². The van der Waals surface area contributed by atoms with Gasteiger partial charge in [-0.3, -0.25) is 0 Å². The van der Waals surface area contributed by atoms with Gasteiger partial charge in [-0.25, -0.2) is 13.1 Å². The number of ether oxygens (including phenoxy) is 1. The Bertz CT molecular complexity index is 584. The zero-order valence-corrected chi connectivity index (χ0v) is 12.8. The summed E-state index contributed by atoms with van der Waals surface area (Å²) >= 11 is 12.5. The number of rotatable bonds is 3. The Morgan fingerprint density at radius 1 is 1.47 bits per heavy atom. The molecule has 1 aliphatic carbocycles. The van der Waals surface area contributed by atoms with E-state index in [1.165, 1.54) is 6.07 Å². The van der Waals surface area contributed by atoms with Gasteiger partial charge < -0.3 is 10.5 Å². The maximum absolute atomic E-state index is 12.2. The van der Waals surface area contributed by atoms with Gasteiger partial charge in [0, 0.05) is 18.6 Å². The van der Waals surface area contributed by atoms with Crippen LogP contribution >= 0.6 is 34.5 Å². The van der Waals surface area contributed by atoms with Crippen LogP contribution in [0.1, 0.15) is 6.42 Å². The number of thiophene rings is 1. The molecular weight excluding hydrogens is 331 g/mol. The highest BCUT2D eigenvalue weighted by molar-refractivity contribution is 7.91. The lowest BCUT2D eigenvalue weighted by Crippen LogP contribution is -2.68. The summed E-state index contributed by atoms with van der Waals surface area (Å²) in [5.74, 6) is 0.253. The smallest absolute Gasteiger partial charge is 0.250 e. The third kappa shape index (κ3) is 2.31. The minimum absolute atomic E-state index is 0.0937. The van der Waals surface area contributed by atoms with E-state index in [2.05, 4.69) is 4.72 Å². The van der Waals surface area contributed by atoms with Crippen LogP contribution in [0.15, 0.2) is 10.3 Å². The van der Waals surface area contributed by atoms with Crippen molar-refractivity contribution in [3.8, 4) is 0 Å². The van der Waals surface area contributed by atoms with Crippen molar-refractivity contribution in [1.82, 2.24) is 4.72 Å². The van der Waals surface area contributed by atoms with Crippen molar-refractivity contribution in [3.63, 3.8) is 0 Å². The van der Waals surface area contributed by atoms with Gasteiger partial charge in [0.05, 0.1) is 17.2 Å². The van der Waals surface area contributed by atoms with Crippen LogP contribution in [0.25, 0.3) is 0 Å². The molecule has 1 aromatic heterocycles. The zero-order valence-electron chi connectivity index (χ0n) is 9.68. The normalized spacial score (nSPS) is 34.1. The molecule has 0 amide bonds. The van der Waals surface area contributed by atoms with E-state index in [0.717, 1.165) is 17.8 Å². The standard InChI is InChI=1S/C10H12Cl2N2O3S2/c11-5-3-6(18-10(5)12)19(15,16)14-8-7(13)4-1-2-17-9(4)8/h3-4,7-9,14H,1-2,13H2. The summed E-state index contributed by atoms with van der Waals surface area (Å²) in [5.41, 5.74) is 5.97. The van der Waals surface area contributed by atoms with Gasteiger partial charge in [-0.15, -0.1) is 11.3 Å². The molecule has 0 aromatic carbocycles. The molecule has 9 heteroatoms. The first-order valence-corrected chi connectivity index (χ1v) is 8.80. The maximum Gasteiger partial charge on any atom is 0.250 e. The Hall–Kier alpha value is 0.110. The summed E-state index contributed by atoms with van der Waals surface area (Å²) in [5, 5.41) is 0.236. The number of nitrogens with one attached hydrogen (secondary N) is 1. The molecule has 19 heavy (non-hydrogen) atoms. The van der Waals surface area contributed by atoms with Crippen molar-refractivity contribution in [1.29, 1.82) is 0 Å². The first-order valence-electron chi connectivity index (χ1n) is 5.74. The highest BCUT2D eigenvalue weighted by Gasteiger charge is 2.53. The van der Waals surface area contributed by atoms with Crippen LogP contribution in [-0.2, 0) is 14.8 Å². The third-order valence-corrected chi connectivity index (χ3v) is 7.42. The predicted octanol–water partition coefficient (Wildman–Crippen LogP) is 1.45. The monoisotopic (exact) mass is 342 g/mol. The minimum Gasteiger partial charge on any atom is -0.376 e. The van der Waals surface area contributed by atoms with Crippen molar-refractivity contribution in [2.24, 2.45) is 11.7 Å². The van der Waals surface area contributed by atoms with E-state index in [1.807, 2.05) is 0 Å². The van der Waals surface area contributed by atoms with Crippen LogP contribution in [0, 0.1) is 5.92 Å². The third-order valence-electron chi connectivity index (χ3n) is 3.63. The van der Waals surface area contributed by atoms with Gasteiger partial charge in [0.1, 0.15) is 8.55 Å². The van der Waals surface area contributed by atoms with Gasteiger partial charge in [-0.05, 0) is 12.5 Å².